The number of aromatic nitrogens is 1. The smallest absolute Gasteiger partial charge is 0.340 e. The lowest BCUT2D eigenvalue weighted by Gasteiger charge is -2.03. The summed E-state index contributed by atoms with van der Waals surface area (Å²) in [7, 11) is 0. The van der Waals surface area contributed by atoms with Crippen LogP contribution in [0.4, 0.5) is 0 Å². The molecule has 5 nitrogen and oxygen atoms in total. The van der Waals surface area contributed by atoms with Gasteiger partial charge in [-0.25, -0.2) is 4.79 Å². The molecule has 0 bridgehead atoms. The van der Waals surface area contributed by atoms with Gasteiger partial charge in [-0.3, -0.25) is 0 Å². The Balaban J connectivity index is 1.45. The first-order valence-corrected chi connectivity index (χ1v) is 8.65. The van der Waals surface area contributed by atoms with Crippen molar-refractivity contribution in [2.45, 2.75) is 26.1 Å². The normalized spacial score (nSPS) is 15.4. The zero-order valence-corrected chi connectivity index (χ0v) is 14.8. The fourth-order valence-electron chi connectivity index (χ4n) is 2.94. The second kappa shape index (κ2) is 6.84. The summed E-state index contributed by atoms with van der Waals surface area (Å²) in [6.07, 6.45) is 1.06. The molecule has 1 aliphatic heterocycles. The van der Waals surface area contributed by atoms with Crippen molar-refractivity contribution in [3.05, 3.63) is 70.4 Å². The van der Waals surface area contributed by atoms with Gasteiger partial charge in [-0.15, -0.1) is 0 Å². The topological polar surface area (TPSA) is 61.6 Å². The standard InChI is InChI=1S/C20H16ClNO4/c1-12-8-14-9-13(6-7-18(14)25-12)19-10-15(22-26-19)11-24-20(23)16-4-2-3-5-17(16)21/h2-7,9-10,12H,8,11H2,1H3. The van der Waals surface area contributed by atoms with Crippen molar-refractivity contribution in [1.82, 2.24) is 5.16 Å². The highest BCUT2D eigenvalue weighted by Crippen LogP contribution is 2.33. The van der Waals surface area contributed by atoms with Crippen LogP contribution in [0.1, 0.15) is 28.5 Å². The fraction of sp³-hybridized carbons (Fsp3) is 0.200. The molecule has 0 aliphatic carbocycles. The van der Waals surface area contributed by atoms with Crippen LogP contribution in [0.25, 0.3) is 11.3 Å². The number of nitrogens with zero attached hydrogens (tertiary/aromatic N) is 1. The number of carbonyl (C=O) groups is 1. The maximum Gasteiger partial charge on any atom is 0.340 e. The highest BCUT2D eigenvalue weighted by Gasteiger charge is 2.20. The summed E-state index contributed by atoms with van der Waals surface area (Å²) < 4.78 is 16.4. The molecule has 2 heterocycles. The van der Waals surface area contributed by atoms with Crippen LogP contribution in [0.15, 0.2) is 53.1 Å². The summed E-state index contributed by atoms with van der Waals surface area (Å²) in [5.74, 6) is 1.04. The van der Waals surface area contributed by atoms with Crippen molar-refractivity contribution in [1.29, 1.82) is 0 Å². The molecule has 0 amide bonds. The number of carbonyl (C=O) groups excluding carboxylic acids is 1. The minimum Gasteiger partial charge on any atom is -0.490 e. The number of fused-ring (bicyclic) bond motifs is 1. The minimum atomic E-state index is -0.496. The van der Waals surface area contributed by atoms with Gasteiger partial charge in [0, 0.05) is 18.1 Å². The van der Waals surface area contributed by atoms with Crippen LogP contribution >= 0.6 is 11.6 Å². The van der Waals surface area contributed by atoms with Crippen LogP contribution in [0.2, 0.25) is 5.02 Å². The molecule has 26 heavy (non-hydrogen) atoms. The van der Waals surface area contributed by atoms with Crippen LogP contribution in [0.3, 0.4) is 0 Å². The van der Waals surface area contributed by atoms with Gasteiger partial charge in [-0.05, 0) is 42.8 Å². The number of ether oxygens (including phenoxy) is 2. The summed E-state index contributed by atoms with van der Waals surface area (Å²) in [6.45, 7) is 2.05. The van der Waals surface area contributed by atoms with Crippen molar-refractivity contribution in [3.63, 3.8) is 0 Å². The zero-order chi connectivity index (χ0) is 18.1. The molecule has 1 aromatic heterocycles. The average Bonchev–Trinajstić information content (AvgIpc) is 3.24. The van der Waals surface area contributed by atoms with Crippen LogP contribution < -0.4 is 4.74 Å². The molecule has 0 fully saturated rings. The van der Waals surface area contributed by atoms with Crippen molar-refractivity contribution in [2.24, 2.45) is 0 Å². The van der Waals surface area contributed by atoms with Gasteiger partial charge in [-0.1, -0.05) is 28.9 Å². The Kier molecular flexibility index (Phi) is 4.39. The van der Waals surface area contributed by atoms with Crippen molar-refractivity contribution in [3.8, 4) is 17.1 Å². The van der Waals surface area contributed by atoms with Gasteiger partial charge in [0.2, 0.25) is 0 Å². The van der Waals surface area contributed by atoms with Crippen LogP contribution in [-0.2, 0) is 17.8 Å². The molecular weight excluding hydrogens is 354 g/mol. The van der Waals surface area contributed by atoms with Crippen molar-refractivity contribution in [2.75, 3.05) is 0 Å². The fourth-order valence-corrected chi connectivity index (χ4v) is 3.15. The first kappa shape index (κ1) is 16.7. The molecule has 0 spiro atoms. The monoisotopic (exact) mass is 369 g/mol. The third-order valence-electron chi connectivity index (χ3n) is 4.18. The summed E-state index contributed by atoms with van der Waals surface area (Å²) >= 11 is 6.00. The first-order chi connectivity index (χ1) is 12.6. The summed E-state index contributed by atoms with van der Waals surface area (Å²) in [5.41, 5.74) is 2.92. The minimum absolute atomic E-state index is 0.0125. The van der Waals surface area contributed by atoms with Crippen LogP contribution in [0, 0.1) is 0 Å². The molecule has 1 aliphatic rings. The van der Waals surface area contributed by atoms with E-state index in [9.17, 15) is 4.79 Å². The molecule has 0 radical (unpaired) electrons. The Bertz CT molecular complexity index is 966. The number of hydrogen-bond donors (Lipinski definition) is 0. The van der Waals surface area contributed by atoms with E-state index in [1.807, 2.05) is 25.1 Å². The largest absolute Gasteiger partial charge is 0.490 e. The third kappa shape index (κ3) is 3.30. The van der Waals surface area contributed by atoms with Gasteiger partial charge in [0.25, 0.3) is 0 Å². The average molecular weight is 370 g/mol. The zero-order valence-electron chi connectivity index (χ0n) is 14.1. The number of hydrogen-bond acceptors (Lipinski definition) is 5. The van der Waals surface area contributed by atoms with Gasteiger partial charge < -0.3 is 14.0 Å². The summed E-state index contributed by atoms with van der Waals surface area (Å²) in [6, 6.07) is 14.4. The van der Waals surface area contributed by atoms with Crippen molar-refractivity contribution >= 4 is 17.6 Å². The van der Waals surface area contributed by atoms with E-state index in [1.165, 1.54) is 0 Å². The lowest BCUT2D eigenvalue weighted by molar-refractivity contribution is 0.0464. The quantitative estimate of drug-likeness (QED) is 0.625. The van der Waals surface area contributed by atoms with Gasteiger partial charge in [-0.2, -0.15) is 0 Å². The number of halogens is 1. The number of rotatable bonds is 4. The molecule has 0 saturated heterocycles. The van der Waals surface area contributed by atoms with Gasteiger partial charge >= 0.3 is 5.97 Å². The highest BCUT2D eigenvalue weighted by molar-refractivity contribution is 6.33. The molecule has 0 saturated carbocycles. The predicted molar refractivity (Wildman–Crippen MR) is 96.3 cm³/mol. The maximum absolute atomic E-state index is 12.1. The molecule has 132 valence electrons. The first-order valence-electron chi connectivity index (χ1n) is 8.27. The van der Waals surface area contributed by atoms with E-state index in [0.29, 0.717) is 22.0 Å². The Morgan fingerprint density at radius 1 is 1.27 bits per heavy atom. The molecule has 0 N–H and O–H groups in total. The Morgan fingerprint density at radius 2 is 2.12 bits per heavy atom. The number of esters is 1. The molecule has 6 heteroatoms. The summed E-state index contributed by atoms with van der Waals surface area (Å²) in [4.78, 5) is 12.1. The molecule has 3 aromatic rings. The third-order valence-corrected chi connectivity index (χ3v) is 4.51. The Morgan fingerprint density at radius 3 is 2.96 bits per heavy atom. The van der Waals surface area contributed by atoms with E-state index in [0.717, 1.165) is 23.3 Å². The Hall–Kier alpha value is -2.79. The second-order valence-corrected chi connectivity index (χ2v) is 6.60. The summed E-state index contributed by atoms with van der Waals surface area (Å²) in [5, 5.41) is 4.33. The lowest BCUT2D eigenvalue weighted by atomic mass is 10.1. The van der Waals surface area contributed by atoms with Gasteiger partial charge in [0.05, 0.1) is 10.6 Å². The predicted octanol–water partition coefficient (Wildman–Crippen LogP) is 4.68. The van der Waals surface area contributed by atoms with E-state index >= 15 is 0 Å². The number of benzene rings is 2. The molecular formula is C20H16ClNO4. The molecule has 2 aromatic carbocycles. The second-order valence-electron chi connectivity index (χ2n) is 6.19. The molecule has 1 unspecified atom stereocenters. The van der Waals surface area contributed by atoms with E-state index in [4.69, 9.17) is 25.6 Å². The molecule has 1 atom stereocenters. The highest BCUT2D eigenvalue weighted by atomic mass is 35.5. The molecule has 4 rings (SSSR count). The van der Waals surface area contributed by atoms with E-state index in [1.54, 1.807) is 30.3 Å². The van der Waals surface area contributed by atoms with E-state index < -0.39 is 5.97 Å². The van der Waals surface area contributed by atoms with Gasteiger partial charge in [0.1, 0.15) is 24.2 Å². The SMILES string of the molecule is CC1Cc2cc(-c3cc(COC(=O)c4ccccc4Cl)no3)ccc2O1. The van der Waals surface area contributed by atoms with E-state index in [2.05, 4.69) is 5.16 Å². The van der Waals surface area contributed by atoms with Crippen LogP contribution in [-0.4, -0.2) is 17.2 Å². The van der Waals surface area contributed by atoms with Gasteiger partial charge in [0.15, 0.2) is 5.76 Å². The maximum atomic E-state index is 12.1. The Labute approximate surface area is 155 Å². The van der Waals surface area contributed by atoms with Crippen LogP contribution in [0.5, 0.6) is 5.75 Å². The lowest BCUT2D eigenvalue weighted by Crippen LogP contribution is -2.05. The van der Waals surface area contributed by atoms with Crippen molar-refractivity contribution < 1.29 is 18.8 Å². The van der Waals surface area contributed by atoms with E-state index in [-0.39, 0.29) is 12.7 Å².